The zero-order valence-electron chi connectivity index (χ0n) is 14.2. The largest absolute Gasteiger partial charge is 0.493 e. The summed E-state index contributed by atoms with van der Waals surface area (Å²) >= 11 is 6.00. The number of carbonyl (C=O) groups excluding carboxylic acids is 2. The molecule has 0 aliphatic carbocycles. The van der Waals surface area contributed by atoms with Crippen molar-refractivity contribution in [3.8, 4) is 11.5 Å². The molecule has 2 N–H and O–H groups in total. The summed E-state index contributed by atoms with van der Waals surface area (Å²) in [5.74, 6) is -0.361. The maximum Gasteiger partial charge on any atom is 0.313 e. The Bertz CT molecular complexity index is 793. The van der Waals surface area contributed by atoms with E-state index in [0.29, 0.717) is 27.8 Å². The Labute approximate surface area is 151 Å². The SMILES string of the molecule is COc1ccc(CNC(=O)C(=O)Nc2cccc(Cl)c2C)cc1OC. The number of carbonyl (C=O) groups is 2. The molecule has 0 bridgehead atoms. The van der Waals surface area contributed by atoms with Gasteiger partial charge in [-0.3, -0.25) is 9.59 Å². The van der Waals surface area contributed by atoms with E-state index in [0.717, 1.165) is 5.56 Å². The lowest BCUT2D eigenvalue weighted by Crippen LogP contribution is -2.35. The monoisotopic (exact) mass is 362 g/mol. The first kappa shape index (κ1) is 18.6. The van der Waals surface area contributed by atoms with Crippen LogP contribution in [-0.2, 0) is 16.1 Å². The van der Waals surface area contributed by atoms with Gasteiger partial charge >= 0.3 is 11.8 Å². The molecule has 0 radical (unpaired) electrons. The molecule has 0 unspecified atom stereocenters. The normalized spacial score (nSPS) is 10.1. The van der Waals surface area contributed by atoms with Crippen LogP contribution in [0.15, 0.2) is 36.4 Å². The zero-order chi connectivity index (χ0) is 18.4. The molecule has 25 heavy (non-hydrogen) atoms. The highest BCUT2D eigenvalue weighted by Gasteiger charge is 2.15. The number of amides is 2. The average Bonchev–Trinajstić information content (AvgIpc) is 2.63. The fourth-order valence-electron chi connectivity index (χ4n) is 2.18. The molecule has 0 atom stereocenters. The Morgan fingerprint density at radius 3 is 2.44 bits per heavy atom. The number of benzene rings is 2. The summed E-state index contributed by atoms with van der Waals surface area (Å²) in [5.41, 5.74) is 1.97. The highest BCUT2D eigenvalue weighted by Crippen LogP contribution is 2.27. The third-order valence-corrected chi connectivity index (χ3v) is 4.03. The lowest BCUT2D eigenvalue weighted by Gasteiger charge is -2.11. The van der Waals surface area contributed by atoms with Crippen LogP contribution < -0.4 is 20.1 Å². The third kappa shape index (κ3) is 4.64. The van der Waals surface area contributed by atoms with Gasteiger partial charge in [0.05, 0.1) is 14.2 Å². The van der Waals surface area contributed by atoms with E-state index in [1.165, 1.54) is 7.11 Å². The lowest BCUT2D eigenvalue weighted by molar-refractivity contribution is -0.136. The molecule has 0 heterocycles. The molecule has 0 spiro atoms. The first-order valence-corrected chi connectivity index (χ1v) is 7.89. The molecule has 6 nitrogen and oxygen atoms in total. The van der Waals surface area contributed by atoms with E-state index in [-0.39, 0.29) is 6.54 Å². The number of methoxy groups -OCH3 is 2. The van der Waals surface area contributed by atoms with E-state index in [1.807, 2.05) is 0 Å². The molecular formula is C18H19ClN2O4. The minimum Gasteiger partial charge on any atom is -0.493 e. The van der Waals surface area contributed by atoms with E-state index < -0.39 is 11.8 Å². The summed E-state index contributed by atoms with van der Waals surface area (Å²) < 4.78 is 10.4. The van der Waals surface area contributed by atoms with Gasteiger partial charge in [0.1, 0.15) is 0 Å². The van der Waals surface area contributed by atoms with Crippen molar-refractivity contribution in [2.75, 3.05) is 19.5 Å². The van der Waals surface area contributed by atoms with Crippen molar-refractivity contribution in [1.29, 1.82) is 0 Å². The Hall–Kier alpha value is -2.73. The van der Waals surface area contributed by atoms with Gasteiger partial charge in [-0.2, -0.15) is 0 Å². The Kier molecular flexibility index (Phi) is 6.25. The lowest BCUT2D eigenvalue weighted by atomic mass is 10.2. The fraction of sp³-hybridized carbons (Fsp3) is 0.222. The summed E-state index contributed by atoms with van der Waals surface area (Å²) in [7, 11) is 3.07. The van der Waals surface area contributed by atoms with Gasteiger partial charge in [-0.1, -0.05) is 23.7 Å². The Morgan fingerprint density at radius 1 is 1.04 bits per heavy atom. The van der Waals surface area contributed by atoms with Crippen molar-refractivity contribution >= 4 is 29.1 Å². The number of nitrogens with one attached hydrogen (secondary N) is 2. The van der Waals surface area contributed by atoms with E-state index in [4.69, 9.17) is 21.1 Å². The van der Waals surface area contributed by atoms with Crippen LogP contribution in [0.1, 0.15) is 11.1 Å². The zero-order valence-corrected chi connectivity index (χ0v) is 14.9. The number of ether oxygens (including phenoxy) is 2. The number of rotatable bonds is 5. The second-order valence-electron chi connectivity index (χ2n) is 5.24. The predicted octanol–water partition coefficient (Wildman–Crippen LogP) is 2.92. The van der Waals surface area contributed by atoms with Crippen LogP contribution in [0, 0.1) is 6.92 Å². The molecule has 0 saturated carbocycles. The number of hydrogen-bond acceptors (Lipinski definition) is 4. The van der Waals surface area contributed by atoms with Crippen LogP contribution in [-0.4, -0.2) is 26.0 Å². The van der Waals surface area contributed by atoms with E-state index in [9.17, 15) is 9.59 Å². The topological polar surface area (TPSA) is 76.7 Å². The van der Waals surface area contributed by atoms with Gasteiger partial charge in [-0.15, -0.1) is 0 Å². The van der Waals surface area contributed by atoms with Gasteiger partial charge in [0, 0.05) is 17.3 Å². The van der Waals surface area contributed by atoms with Gasteiger partial charge < -0.3 is 20.1 Å². The second-order valence-corrected chi connectivity index (χ2v) is 5.65. The Balaban J connectivity index is 1.98. The summed E-state index contributed by atoms with van der Waals surface area (Å²) in [5, 5.41) is 5.63. The minimum absolute atomic E-state index is 0.182. The van der Waals surface area contributed by atoms with Crippen molar-refractivity contribution in [2.24, 2.45) is 0 Å². The summed E-state index contributed by atoms with van der Waals surface area (Å²) in [6.45, 7) is 1.95. The molecule has 0 aromatic heterocycles. The van der Waals surface area contributed by atoms with E-state index >= 15 is 0 Å². The molecule has 2 aromatic rings. The van der Waals surface area contributed by atoms with Crippen LogP contribution in [0.25, 0.3) is 0 Å². The fourth-order valence-corrected chi connectivity index (χ4v) is 2.35. The average molecular weight is 363 g/mol. The number of anilines is 1. The molecule has 0 aliphatic heterocycles. The van der Waals surface area contributed by atoms with Crippen LogP contribution in [0.4, 0.5) is 5.69 Å². The van der Waals surface area contributed by atoms with Crippen molar-refractivity contribution in [3.63, 3.8) is 0 Å². The molecule has 2 amide bonds. The molecule has 7 heteroatoms. The minimum atomic E-state index is -0.758. The summed E-state index contributed by atoms with van der Waals surface area (Å²) in [4.78, 5) is 24.0. The van der Waals surface area contributed by atoms with Gasteiger partial charge in [0.15, 0.2) is 11.5 Å². The maximum atomic E-state index is 12.0. The first-order valence-electron chi connectivity index (χ1n) is 7.51. The molecular weight excluding hydrogens is 344 g/mol. The predicted molar refractivity (Wildman–Crippen MR) is 96.2 cm³/mol. The van der Waals surface area contributed by atoms with Crippen LogP contribution in [0.2, 0.25) is 5.02 Å². The van der Waals surface area contributed by atoms with Gasteiger partial charge in [-0.25, -0.2) is 0 Å². The summed E-state index contributed by atoms with van der Waals surface area (Å²) in [6.07, 6.45) is 0. The smallest absolute Gasteiger partial charge is 0.313 e. The van der Waals surface area contributed by atoms with Crippen LogP contribution in [0.3, 0.4) is 0 Å². The highest BCUT2D eigenvalue weighted by atomic mass is 35.5. The van der Waals surface area contributed by atoms with Gasteiger partial charge in [-0.05, 0) is 42.3 Å². The van der Waals surface area contributed by atoms with Crippen molar-refractivity contribution in [1.82, 2.24) is 5.32 Å². The Morgan fingerprint density at radius 2 is 1.76 bits per heavy atom. The molecule has 132 valence electrons. The molecule has 2 rings (SSSR count). The van der Waals surface area contributed by atoms with Gasteiger partial charge in [0.2, 0.25) is 0 Å². The molecule has 0 saturated heterocycles. The standard InChI is InChI=1S/C18H19ClN2O4/c1-11-13(19)5-4-6-14(11)21-18(23)17(22)20-10-12-7-8-15(24-2)16(9-12)25-3/h4-9H,10H2,1-3H3,(H,20,22)(H,21,23). The van der Waals surface area contributed by atoms with Gasteiger partial charge in [0.25, 0.3) is 0 Å². The second kappa shape index (κ2) is 8.39. The van der Waals surface area contributed by atoms with Crippen molar-refractivity contribution in [3.05, 3.63) is 52.5 Å². The van der Waals surface area contributed by atoms with Crippen LogP contribution >= 0.6 is 11.6 Å². The van der Waals surface area contributed by atoms with E-state index in [2.05, 4.69) is 10.6 Å². The molecule has 0 aliphatic rings. The number of hydrogen-bond donors (Lipinski definition) is 2. The molecule has 0 fully saturated rings. The quantitative estimate of drug-likeness (QED) is 0.802. The molecule has 2 aromatic carbocycles. The van der Waals surface area contributed by atoms with Crippen molar-refractivity contribution < 1.29 is 19.1 Å². The van der Waals surface area contributed by atoms with Crippen LogP contribution in [0.5, 0.6) is 11.5 Å². The summed E-state index contributed by atoms with van der Waals surface area (Å²) in [6, 6.07) is 10.3. The van der Waals surface area contributed by atoms with E-state index in [1.54, 1.807) is 50.4 Å². The van der Waals surface area contributed by atoms with Crippen molar-refractivity contribution in [2.45, 2.75) is 13.5 Å². The number of halogens is 1. The first-order chi connectivity index (χ1) is 12.0. The highest BCUT2D eigenvalue weighted by molar-refractivity contribution is 6.40. The third-order valence-electron chi connectivity index (χ3n) is 3.62. The maximum absolute atomic E-state index is 12.0.